The molecule has 1 aliphatic heterocycles. The number of hydrogen-bond acceptors (Lipinski definition) is 3. The predicted octanol–water partition coefficient (Wildman–Crippen LogP) is 0.720. The van der Waals surface area contributed by atoms with Crippen molar-refractivity contribution in [2.75, 3.05) is 5.75 Å². The Morgan fingerprint density at radius 2 is 2.23 bits per heavy atom. The molecular formula is C8H10O4S. The SMILES string of the molecule is CC(=CC1=CCCS1(=O)=O)C(=O)O. The van der Waals surface area contributed by atoms with Crippen molar-refractivity contribution < 1.29 is 18.3 Å². The summed E-state index contributed by atoms with van der Waals surface area (Å²) < 4.78 is 22.4. The molecule has 1 aliphatic rings. The molecule has 0 bridgehead atoms. The molecule has 1 N–H and O–H groups in total. The van der Waals surface area contributed by atoms with E-state index < -0.39 is 15.8 Å². The van der Waals surface area contributed by atoms with Crippen molar-refractivity contribution in [3.05, 3.63) is 22.6 Å². The van der Waals surface area contributed by atoms with E-state index in [1.165, 1.54) is 13.0 Å². The van der Waals surface area contributed by atoms with E-state index in [9.17, 15) is 13.2 Å². The van der Waals surface area contributed by atoms with Crippen LogP contribution < -0.4 is 0 Å². The molecular weight excluding hydrogens is 192 g/mol. The van der Waals surface area contributed by atoms with Gasteiger partial charge in [0.1, 0.15) is 0 Å². The third-order valence-corrected chi connectivity index (χ3v) is 3.56. The van der Waals surface area contributed by atoms with Crippen LogP contribution in [0.2, 0.25) is 0 Å². The van der Waals surface area contributed by atoms with Crippen molar-refractivity contribution in [3.8, 4) is 0 Å². The Balaban J connectivity index is 3.00. The lowest BCUT2D eigenvalue weighted by Crippen LogP contribution is -2.03. The zero-order valence-electron chi connectivity index (χ0n) is 7.15. The number of hydrogen-bond donors (Lipinski definition) is 1. The second-order valence-electron chi connectivity index (χ2n) is 2.85. The molecule has 5 heteroatoms. The van der Waals surface area contributed by atoms with E-state index in [-0.39, 0.29) is 16.2 Å². The van der Waals surface area contributed by atoms with E-state index in [1.807, 2.05) is 0 Å². The first kappa shape index (κ1) is 9.98. The highest BCUT2D eigenvalue weighted by molar-refractivity contribution is 7.95. The molecule has 0 saturated heterocycles. The maximum absolute atomic E-state index is 11.2. The topological polar surface area (TPSA) is 71.4 Å². The molecule has 0 aromatic rings. The minimum atomic E-state index is -3.19. The molecule has 0 unspecified atom stereocenters. The molecule has 0 radical (unpaired) electrons. The lowest BCUT2D eigenvalue weighted by Gasteiger charge is -1.96. The summed E-state index contributed by atoms with van der Waals surface area (Å²) in [6.45, 7) is 1.37. The lowest BCUT2D eigenvalue weighted by atomic mass is 10.2. The van der Waals surface area contributed by atoms with E-state index in [1.54, 1.807) is 6.08 Å². The van der Waals surface area contributed by atoms with Crippen LogP contribution in [0.4, 0.5) is 0 Å². The second-order valence-corrected chi connectivity index (χ2v) is 4.96. The molecule has 72 valence electrons. The Bertz CT molecular complexity index is 386. The number of aliphatic carboxylic acids is 1. The predicted molar refractivity (Wildman–Crippen MR) is 47.9 cm³/mol. The van der Waals surface area contributed by atoms with Crippen LogP contribution in [-0.2, 0) is 14.6 Å². The van der Waals surface area contributed by atoms with Crippen LogP contribution in [0.15, 0.2) is 22.6 Å². The molecule has 0 amide bonds. The van der Waals surface area contributed by atoms with Gasteiger partial charge in [0.2, 0.25) is 0 Å². The summed E-state index contributed by atoms with van der Waals surface area (Å²) in [4.78, 5) is 10.5. The summed E-state index contributed by atoms with van der Waals surface area (Å²) in [7, 11) is -3.19. The van der Waals surface area contributed by atoms with Gasteiger partial charge >= 0.3 is 5.97 Å². The molecule has 0 aromatic heterocycles. The van der Waals surface area contributed by atoms with Gasteiger partial charge in [-0.1, -0.05) is 6.08 Å². The maximum Gasteiger partial charge on any atom is 0.331 e. The van der Waals surface area contributed by atoms with E-state index in [4.69, 9.17) is 5.11 Å². The van der Waals surface area contributed by atoms with Crippen molar-refractivity contribution in [2.45, 2.75) is 13.3 Å². The number of rotatable bonds is 2. The fraction of sp³-hybridized carbons (Fsp3) is 0.375. The van der Waals surface area contributed by atoms with E-state index in [0.29, 0.717) is 6.42 Å². The van der Waals surface area contributed by atoms with Gasteiger partial charge in [-0.3, -0.25) is 0 Å². The Hall–Kier alpha value is -1.10. The third kappa shape index (κ3) is 2.18. The van der Waals surface area contributed by atoms with Crippen LogP contribution in [0, 0.1) is 0 Å². The number of carboxylic acids is 1. The van der Waals surface area contributed by atoms with Crippen molar-refractivity contribution in [2.24, 2.45) is 0 Å². The average molecular weight is 202 g/mol. The first-order valence-electron chi connectivity index (χ1n) is 3.78. The molecule has 13 heavy (non-hydrogen) atoms. The summed E-state index contributed by atoms with van der Waals surface area (Å²) in [5.41, 5.74) is 0.0386. The third-order valence-electron chi connectivity index (χ3n) is 1.79. The highest BCUT2D eigenvalue weighted by atomic mass is 32.2. The van der Waals surface area contributed by atoms with Crippen molar-refractivity contribution >= 4 is 15.8 Å². The lowest BCUT2D eigenvalue weighted by molar-refractivity contribution is -0.132. The highest BCUT2D eigenvalue weighted by Gasteiger charge is 2.21. The average Bonchev–Trinajstić information content (AvgIpc) is 2.30. The van der Waals surface area contributed by atoms with Gasteiger partial charge in [0.15, 0.2) is 9.84 Å². The summed E-state index contributed by atoms with van der Waals surface area (Å²) in [5.74, 6) is -1.01. The summed E-state index contributed by atoms with van der Waals surface area (Å²) in [5, 5.41) is 8.52. The first-order chi connectivity index (χ1) is 5.93. The van der Waals surface area contributed by atoms with Gasteiger partial charge in [0.25, 0.3) is 0 Å². The molecule has 4 nitrogen and oxygen atoms in total. The number of carbonyl (C=O) groups is 1. The molecule has 1 heterocycles. The van der Waals surface area contributed by atoms with Gasteiger partial charge in [-0.15, -0.1) is 0 Å². The first-order valence-corrected chi connectivity index (χ1v) is 5.43. The highest BCUT2D eigenvalue weighted by Crippen LogP contribution is 2.20. The standard InChI is InChI=1S/C8H10O4S/c1-6(8(9)10)5-7-3-2-4-13(7,11)12/h3,5H,2,4H2,1H3,(H,9,10). The fourth-order valence-corrected chi connectivity index (χ4v) is 2.42. The monoisotopic (exact) mass is 202 g/mol. The summed E-state index contributed by atoms with van der Waals surface area (Å²) >= 11 is 0. The van der Waals surface area contributed by atoms with Crippen LogP contribution in [-0.4, -0.2) is 25.2 Å². The number of sulfone groups is 1. The smallest absolute Gasteiger partial charge is 0.331 e. The Morgan fingerprint density at radius 3 is 2.62 bits per heavy atom. The van der Waals surface area contributed by atoms with Crippen LogP contribution in [0.3, 0.4) is 0 Å². The zero-order valence-corrected chi connectivity index (χ0v) is 7.97. The quantitative estimate of drug-likeness (QED) is 0.670. The Kier molecular flexibility index (Phi) is 2.56. The van der Waals surface area contributed by atoms with Crippen molar-refractivity contribution in [3.63, 3.8) is 0 Å². The summed E-state index contributed by atoms with van der Waals surface area (Å²) in [6.07, 6.45) is 3.22. The van der Waals surface area contributed by atoms with Crippen LogP contribution in [0.25, 0.3) is 0 Å². The Labute approximate surface area is 76.5 Å². The second kappa shape index (κ2) is 3.33. The summed E-state index contributed by atoms with van der Waals surface area (Å²) in [6, 6.07) is 0. The molecule has 1 rings (SSSR count). The Morgan fingerprint density at radius 1 is 1.62 bits per heavy atom. The number of carboxylic acid groups (broad SMARTS) is 1. The van der Waals surface area contributed by atoms with Crippen LogP contribution >= 0.6 is 0 Å². The molecule has 0 fully saturated rings. The van der Waals surface area contributed by atoms with Gasteiger partial charge in [-0.2, -0.15) is 0 Å². The van der Waals surface area contributed by atoms with Crippen molar-refractivity contribution in [1.82, 2.24) is 0 Å². The molecule has 0 aliphatic carbocycles. The van der Waals surface area contributed by atoms with Gasteiger partial charge in [-0.05, 0) is 19.4 Å². The minimum Gasteiger partial charge on any atom is -0.478 e. The van der Waals surface area contributed by atoms with Gasteiger partial charge < -0.3 is 5.11 Å². The normalized spacial score (nSPS) is 21.3. The zero-order chi connectivity index (χ0) is 10.1. The van der Waals surface area contributed by atoms with E-state index >= 15 is 0 Å². The molecule has 0 atom stereocenters. The van der Waals surface area contributed by atoms with Crippen molar-refractivity contribution in [1.29, 1.82) is 0 Å². The number of allylic oxidation sites excluding steroid dienone is 2. The van der Waals surface area contributed by atoms with Gasteiger partial charge in [0, 0.05) is 5.57 Å². The van der Waals surface area contributed by atoms with E-state index in [2.05, 4.69) is 0 Å². The molecule has 0 aromatic carbocycles. The van der Waals surface area contributed by atoms with Crippen LogP contribution in [0.5, 0.6) is 0 Å². The fourth-order valence-electron chi connectivity index (χ4n) is 1.02. The van der Waals surface area contributed by atoms with Crippen LogP contribution in [0.1, 0.15) is 13.3 Å². The van der Waals surface area contributed by atoms with Gasteiger partial charge in [0.05, 0.1) is 10.7 Å². The largest absolute Gasteiger partial charge is 0.478 e. The maximum atomic E-state index is 11.2. The minimum absolute atomic E-state index is 0.0386. The molecule has 0 spiro atoms. The van der Waals surface area contributed by atoms with E-state index in [0.717, 1.165) is 0 Å². The molecule has 0 saturated carbocycles. The van der Waals surface area contributed by atoms with Gasteiger partial charge in [-0.25, -0.2) is 13.2 Å².